The second-order valence-corrected chi connectivity index (χ2v) is 4.67. The summed E-state index contributed by atoms with van der Waals surface area (Å²) >= 11 is 0. The van der Waals surface area contributed by atoms with Crippen LogP contribution in [-0.2, 0) is 6.54 Å². The van der Waals surface area contributed by atoms with Gasteiger partial charge in [0.15, 0.2) is 0 Å². The first-order chi connectivity index (χ1) is 9.20. The number of methoxy groups -OCH3 is 1. The van der Waals surface area contributed by atoms with Crippen molar-refractivity contribution in [1.82, 2.24) is 10.3 Å². The Labute approximate surface area is 114 Å². The molecule has 0 saturated carbocycles. The van der Waals surface area contributed by atoms with Gasteiger partial charge in [0, 0.05) is 24.3 Å². The highest BCUT2D eigenvalue weighted by Gasteiger charge is 2.11. The molecule has 0 aliphatic carbocycles. The highest BCUT2D eigenvalue weighted by atomic mass is 16.5. The molecule has 0 amide bonds. The zero-order valence-electron chi connectivity index (χ0n) is 11.7. The van der Waals surface area contributed by atoms with E-state index in [0.717, 1.165) is 18.0 Å². The van der Waals surface area contributed by atoms with E-state index in [1.807, 2.05) is 30.5 Å². The molecule has 0 radical (unpaired) electrons. The minimum atomic E-state index is 0.219. The van der Waals surface area contributed by atoms with E-state index in [1.54, 1.807) is 7.11 Å². The van der Waals surface area contributed by atoms with E-state index in [0.29, 0.717) is 0 Å². The number of nitrogens with one attached hydrogen (secondary N) is 1. The Kier molecular flexibility index (Phi) is 4.53. The first-order valence-electron chi connectivity index (χ1n) is 6.48. The van der Waals surface area contributed by atoms with Gasteiger partial charge in [-0.25, -0.2) is 0 Å². The van der Waals surface area contributed by atoms with Gasteiger partial charge in [0.05, 0.1) is 12.8 Å². The minimum Gasteiger partial charge on any atom is -0.496 e. The second kappa shape index (κ2) is 6.34. The van der Waals surface area contributed by atoms with Gasteiger partial charge < -0.3 is 10.1 Å². The minimum absolute atomic E-state index is 0.219. The van der Waals surface area contributed by atoms with Crippen LogP contribution in [0.4, 0.5) is 0 Å². The normalized spacial score (nSPS) is 12.2. The first kappa shape index (κ1) is 13.6. The van der Waals surface area contributed by atoms with Crippen molar-refractivity contribution in [3.63, 3.8) is 0 Å². The van der Waals surface area contributed by atoms with Crippen LogP contribution in [0.3, 0.4) is 0 Å². The molecule has 1 aromatic carbocycles. The van der Waals surface area contributed by atoms with Gasteiger partial charge in [0.25, 0.3) is 0 Å². The Hall–Kier alpha value is -1.87. The molecule has 2 rings (SSSR count). The molecule has 19 heavy (non-hydrogen) atoms. The first-order valence-corrected chi connectivity index (χ1v) is 6.48. The third-order valence-corrected chi connectivity index (χ3v) is 3.17. The number of hydrogen-bond donors (Lipinski definition) is 1. The summed E-state index contributed by atoms with van der Waals surface area (Å²) in [6, 6.07) is 12.4. The molecule has 1 unspecified atom stereocenters. The molecule has 0 aliphatic rings. The third-order valence-electron chi connectivity index (χ3n) is 3.17. The Morgan fingerprint density at radius 2 is 2.11 bits per heavy atom. The summed E-state index contributed by atoms with van der Waals surface area (Å²) in [5, 5.41) is 3.47. The zero-order valence-corrected chi connectivity index (χ0v) is 11.7. The van der Waals surface area contributed by atoms with Crippen molar-refractivity contribution < 1.29 is 4.74 Å². The van der Waals surface area contributed by atoms with Crippen molar-refractivity contribution >= 4 is 0 Å². The van der Waals surface area contributed by atoms with Crippen LogP contribution in [-0.4, -0.2) is 12.1 Å². The standard InChI is InChI=1S/C16H20N2O/c1-12-7-8-16(19-3)15(10-12)13(2)18-11-14-6-4-5-9-17-14/h4-10,13,18H,11H2,1-3H3. The highest BCUT2D eigenvalue weighted by molar-refractivity contribution is 5.38. The lowest BCUT2D eigenvalue weighted by atomic mass is 10.0. The largest absolute Gasteiger partial charge is 0.496 e. The van der Waals surface area contributed by atoms with Gasteiger partial charge in [-0.1, -0.05) is 23.8 Å². The van der Waals surface area contributed by atoms with Gasteiger partial charge in [-0.3, -0.25) is 4.98 Å². The molecule has 0 spiro atoms. The summed E-state index contributed by atoms with van der Waals surface area (Å²) in [5.41, 5.74) is 3.46. The maximum Gasteiger partial charge on any atom is 0.123 e. The van der Waals surface area contributed by atoms with E-state index in [-0.39, 0.29) is 6.04 Å². The number of hydrogen-bond acceptors (Lipinski definition) is 3. The molecule has 0 fully saturated rings. The van der Waals surface area contributed by atoms with Gasteiger partial charge in [0.2, 0.25) is 0 Å². The Morgan fingerprint density at radius 3 is 2.79 bits per heavy atom. The van der Waals surface area contributed by atoms with Crippen molar-refractivity contribution in [1.29, 1.82) is 0 Å². The van der Waals surface area contributed by atoms with E-state index in [4.69, 9.17) is 4.74 Å². The van der Waals surface area contributed by atoms with E-state index in [9.17, 15) is 0 Å². The Bertz CT molecular complexity index is 526. The van der Waals surface area contributed by atoms with E-state index >= 15 is 0 Å². The molecule has 2 aromatic rings. The summed E-state index contributed by atoms with van der Waals surface area (Å²) in [6.45, 7) is 4.98. The molecular formula is C16H20N2O. The number of ether oxygens (including phenoxy) is 1. The van der Waals surface area contributed by atoms with Crippen LogP contribution in [0.25, 0.3) is 0 Å². The van der Waals surface area contributed by atoms with Crippen molar-refractivity contribution in [3.05, 3.63) is 59.4 Å². The predicted molar refractivity (Wildman–Crippen MR) is 77.2 cm³/mol. The molecule has 100 valence electrons. The Morgan fingerprint density at radius 1 is 1.26 bits per heavy atom. The molecule has 1 atom stereocenters. The van der Waals surface area contributed by atoms with E-state index in [2.05, 4.69) is 36.3 Å². The number of benzene rings is 1. The number of aryl methyl sites for hydroxylation is 1. The molecule has 1 N–H and O–H groups in total. The quantitative estimate of drug-likeness (QED) is 0.891. The van der Waals surface area contributed by atoms with Crippen molar-refractivity contribution in [2.24, 2.45) is 0 Å². The lowest BCUT2D eigenvalue weighted by Gasteiger charge is -2.17. The molecule has 0 aliphatic heterocycles. The summed E-state index contributed by atoms with van der Waals surface area (Å²) in [7, 11) is 1.71. The monoisotopic (exact) mass is 256 g/mol. The summed E-state index contributed by atoms with van der Waals surface area (Å²) in [4.78, 5) is 4.31. The zero-order chi connectivity index (χ0) is 13.7. The van der Waals surface area contributed by atoms with Crippen LogP contribution in [0.15, 0.2) is 42.6 Å². The van der Waals surface area contributed by atoms with Gasteiger partial charge in [-0.15, -0.1) is 0 Å². The molecule has 1 heterocycles. The van der Waals surface area contributed by atoms with Crippen LogP contribution in [0.1, 0.15) is 29.8 Å². The topological polar surface area (TPSA) is 34.1 Å². The van der Waals surface area contributed by atoms with Crippen LogP contribution in [0.2, 0.25) is 0 Å². The molecule has 3 heteroatoms. The van der Waals surface area contributed by atoms with Crippen LogP contribution in [0.5, 0.6) is 5.75 Å². The molecule has 0 bridgehead atoms. The number of aromatic nitrogens is 1. The predicted octanol–water partition coefficient (Wildman–Crippen LogP) is 3.25. The number of rotatable bonds is 5. The molecule has 1 aromatic heterocycles. The van der Waals surface area contributed by atoms with Gasteiger partial charge in [0.1, 0.15) is 5.75 Å². The summed E-state index contributed by atoms with van der Waals surface area (Å²) < 4.78 is 5.42. The van der Waals surface area contributed by atoms with Gasteiger partial charge >= 0.3 is 0 Å². The SMILES string of the molecule is COc1ccc(C)cc1C(C)NCc1ccccn1. The van der Waals surface area contributed by atoms with Crippen molar-refractivity contribution in [2.45, 2.75) is 26.4 Å². The van der Waals surface area contributed by atoms with Gasteiger partial charge in [-0.2, -0.15) is 0 Å². The molecule has 0 saturated heterocycles. The lowest BCUT2D eigenvalue weighted by Crippen LogP contribution is -2.19. The van der Waals surface area contributed by atoms with Crippen molar-refractivity contribution in [3.8, 4) is 5.75 Å². The highest BCUT2D eigenvalue weighted by Crippen LogP contribution is 2.26. The maximum atomic E-state index is 5.42. The lowest BCUT2D eigenvalue weighted by molar-refractivity contribution is 0.401. The average Bonchev–Trinajstić information content (AvgIpc) is 2.46. The third kappa shape index (κ3) is 3.55. The smallest absolute Gasteiger partial charge is 0.123 e. The second-order valence-electron chi connectivity index (χ2n) is 4.67. The van der Waals surface area contributed by atoms with Crippen LogP contribution >= 0.6 is 0 Å². The van der Waals surface area contributed by atoms with Crippen LogP contribution < -0.4 is 10.1 Å². The van der Waals surface area contributed by atoms with E-state index in [1.165, 1.54) is 11.1 Å². The fourth-order valence-electron chi connectivity index (χ4n) is 2.06. The van der Waals surface area contributed by atoms with Crippen molar-refractivity contribution in [2.75, 3.05) is 7.11 Å². The van der Waals surface area contributed by atoms with Gasteiger partial charge in [-0.05, 0) is 32.0 Å². The fourth-order valence-corrected chi connectivity index (χ4v) is 2.06. The molecular weight excluding hydrogens is 236 g/mol. The fraction of sp³-hybridized carbons (Fsp3) is 0.312. The Balaban J connectivity index is 2.07. The number of nitrogens with zero attached hydrogens (tertiary/aromatic N) is 1. The number of pyridine rings is 1. The van der Waals surface area contributed by atoms with E-state index < -0.39 is 0 Å². The molecule has 3 nitrogen and oxygen atoms in total. The summed E-state index contributed by atoms with van der Waals surface area (Å²) in [6.07, 6.45) is 1.81. The maximum absolute atomic E-state index is 5.42. The summed E-state index contributed by atoms with van der Waals surface area (Å²) in [5.74, 6) is 0.923. The van der Waals surface area contributed by atoms with Crippen LogP contribution in [0, 0.1) is 6.92 Å². The average molecular weight is 256 g/mol.